The SMILES string of the molecule is COc1ccc(OC(C)C(=O)NCCC(C)(C)C(=O)O)cc1. The standard InChI is InChI=1S/C16H23NO5/c1-11(22-13-7-5-12(21-4)6-8-13)14(18)17-10-9-16(2,3)15(19)20/h5-8,11H,9-10H2,1-4H3,(H,17,18)(H,19,20). The molecule has 1 rings (SSSR count). The summed E-state index contributed by atoms with van der Waals surface area (Å²) < 4.78 is 10.6. The Kier molecular flexibility index (Phi) is 6.22. The third-order valence-electron chi connectivity index (χ3n) is 3.37. The molecule has 0 fully saturated rings. The molecular weight excluding hydrogens is 286 g/mol. The number of ether oxygens (including phenoxy) is 2. The molecule has 1 amide bonds. The van der Waals surface area contributed by atoms with Gasteiger partial charge in [0.05, 0.1) is 12.5 Å². The van der Waals surface area contributed by atoms with Crippen molar-refractivity contribution in [2.75, 3.05) is 13.7 Å². The van der Waals surface area contributed by atoms with Gasteiger partial charge in [-0.1, -0.05) is 0 Å². The highest BCUT2D eigenvalue weighted by molar-refractivity contribution is 5.80. The lowest BCUT2D eigenvalue weighted by Crippen LogP contribution is -2.39. The van der Waals surface area contributed by atoms with Gasteiger partial charge in [0.2, 0.25) is 0 Å². The maximum atomic E-state index is 11.9. The van der Waals surface area contributed by atoms with Gasteiger partial charge in [0.1, 0.15) is 11.5 Å². The summed E-state index contributed by atoms with van der Waals surface area (Å²) in [6, 6.07) is 6.93. The van der Waals surface area contributed by atoms with Crippen molar-refractivity contribution < 1.29 is 24.2 Å². The van der Waals surface area contributed by atoms with Crippen LogP contribution in [0.1, 0.15) is 27.2 Å². The number of hydrogen-bond donors (Lipinski definition) is 2. The fraction of sp³-hybridized carbons (Fsp3) is 0.500. The molecule has 1 aromatic carbocycles. The van der Waals surface area contributed by atoms with Crippen molar-refractivity contribution in [1.82, 2.24) is 5.32 Å². The van der Waals surface area contributed by atoms with Gasteiger partial charge < -0.3 is 19.9 Å². The van der Waals surface area contributed by atoms with E-state index in [9.17, 15) is 9.59 Å². The number of nitrogens with one attached hydrogen (secondary N) is 1. The van der Waals surface area contributed by atoms with Crippen LogP contribution in [0.2, 0.25) is 0 Å². The molecule has 0 spiro atoms. The van der Waals surface area contributed by atoms with Crippen LogP contribution in [-0.2, 0) is 9.59 Å². The first kappa shape index (κ1) is 17.8. The second-order valence-electron chi connectivity index (χ2n) is 5.67. The van der Waals surface area contributed by atoms with Crippen molar-refractivity contribution >= 4 is 11.9 Å². The average molecular weight is 309 g/mol. The lowest BCUT2D eigenvalue weighted by Gasteiger charge is -2.20. The minimum atomic E-state index is -0.885. The molecule has 2 N–H and O–H groups in total. The van der Waals surface area contributed by atoms with E-state index in [4.69, 9.17) is 14.6 Å². The minimum absolute atomic E-state index is 0.281. The van der Waals surface area contributed by atoms with Crippen molar-refractivity contribution in [2.45, 2.75) is 33.3 Å². The predicted octanol–water partition coefficient (Wildman–Crippen LogP) is 2.08. The molecule has 1 aromatic rings. The van der Waals surface area contributed by atoms with E-state index in [1.807, 2.05) is 0 Å². The number of carboxylic acid groups (broad SMARTS) is 1. The van der Waals surface area contributed by atoms with Gasteiger partial charge in [0, 0.05) is 6.54 Å². The minimum Gasteiger partial charge on any atom is -0.497 e. The van der Waals surface area contributed by atoms with Gasteiger partial charge >= 0.3 is 5.97 Å². The quantitative estimate of drug-likeness (QED) is 0.768. The average Bonchev–Trinajstić information content (AvgIpc) is 2.47. The first-order valence-electron chi connectivity index (χ1n) is 7.08. The number of carboxylic acids is 1. The van der Waals surface area contributed by atoms with Gasteiger partial charge in [-0.25, -0.2) is 0 Å². The second-order valence-corrected chi connectivity index (χ2v) is 5.67. The number of aliphatic carboxylic acids is 1. The fourth-order valence-corrected chi connectivity index (χ4v) is 1.66. The molecule has 122 valence electrons. The monoisotopic (exact) mass is 309 g/mol. The molecule has 1 atom stereocenters. The van der Waals surface area contributed by atoms with Crippen molar-refractivity contribution in [2.24, 2.45) is 5.41 Å². The van der Waals surface area contributed by atoms with Gasteiger partial charge in [-0.15, -0.1) is 0 Å². The van der Waals surface area contributed by atoms with Crippen LogP contribution in [0.25, 0.3) is 0 Å². The number of amides is 1. The van der Waals surface area contributed by atoms with E-state index in [1.54, 1.807) is 52.1 Å². The molecule has 6 nitrogen and oxygen atoms in total. The predicted molar refractivity (Wildman–Crippen MR) is 82.1 cm³/mol. The van der Waals surface area contributed by atoms with Crippen molar-refractivity contribution in [3.8, 4) is 11.5 Å². The maximum Gasteiger partial charge on any atom is 0.309 e. The summed E-state index contributed by atoms with van der Waals surface area (Å²) >= 11 is 0. The van der Waals surface area contributed by atoms with E-state index in [0.29, 0.717) is 17.9 Å². The van der Waals surface area contributed by atoms with Crippen molar-refractivity contribution in [3.63, 3.8) is 0 Å². The second kappa shape index (κ2) is 7.68. The highest BCUT2D eigenvalue weighted by Crippen LogP contribution is 2.20. The number of rotatable bonds is 8. The molecule has 0 radical (unpaired) electrons. The Bertz CT molecular complexity index is 510. The Morgan fingerprint density at radius 3 is 2.27 bits per heavy atom. The van der Waals surface area contributed by atoms with E-state index < -0.39 is 17.5 Å². The molecule has 0 aliphatic carbocycles. The van der Waals surface area contributed by atoms with E-state index in [1.165, 1.54) is 0 Å². The molecule has 0 aliphatic rings. The van der Waals surface area contributed by atoms with E-state index in [2.05, 4.69) is 5.32 Å². The van der Waals surface area contributed by atoms with Crippen LogP contribution in [0.4, 0.5) is 0 Å². The molecule has 1 unspecified atom stereocenters. The third kappa shape index (κ3) is 5.27. The van der Waals surface area contributed by atoms with Gasteiger partial charge in [-0.2, -0.15) is 0 Å². The zero-order valence-corrected chi connectivity index (χ0v) is 13.4. The zero-order valence-electron chi connectivity index (χ0n) is 13.4. The van der Waals surface area contributed by atoms with Crippen LogP contribution < -0.4 is 14.8 Å². The lowest BCUT2D eigenvalue weighted by atomic mass is 9.90. The maximum absolute atomic E-state index is 11.9. The highest BCUT2D eigenvalue weighted by atomic mass is 16.5. The summed E-state index contributed by atoms with van der Waals surface area (Å²) in [6.07, 6.45) is -0.315. The Labute approximate surface area is 130 Å². The van der Waals surface area contributed by atoms with Gasteiger partial charge in [0.15, 0.2) is 6.10 Å². The van der Waals surface area contributed by atoms with Gasteiger partial charge in [0.25, 0.3) is 5.91 Å². The van der Waals surface area contributed by atoms with E-state index >= 15 is 0 Å². The molecule has 6 heteroatoms. The Morgan fingerprint density at radius 1 is 1.23 bits per heavy atom. The van der Waals surface area contributed by atoms with Gasteiger partial charge in [-0.3, -0.25) is 9.59 Å². The Morgan fingerprint density at radius 2 is 1.77 bits per heavy atom. The summed E-state index contributed by atoms with van der Waals surface area (Å²) in [5.41, 5.74) is -0.868. The molecular formula is C16H23NO5. The third-order valence-corrected chi connectivity index (χ3v) is 3.37. The van der Waals surface area contributed by atoms with Crippen LogP contribution in [0, 0.1) is 5.41 Å². The topological polar surface area (TPSA) is 84.9 Å². The number of carbonyl (C=O) groups excluding carboxylic acids is 1. The zero-order chi connectivity index (χ0) is 16.8. The Balaban J connectivity index is 2.43. The van der Waals surface area contributed by atoms with E-state index in [-0.39, 0.29) is 12.5 Å². The van der Waals surface area contributed by atoms with Crippen LogP contribution in [0.15, 0.2) is 24.3 Å². The summed E-state index contributed by atoms with van der Waals surface area (Å²) in [6.45, 7) is 5.17. The van der Waals surface area contributed by atoms with Crippen LogP contribution in [0.5, 0.6) is 11.5 Å². The summed E-state index contributed by atoms with van der Waals surface area (Å²) in [7, 11) is 1.57. The fourth-order valence-electron chi connectivity index (χ4n) is 1.66. The van der Waals surface area contributed by atoms with E-state index in [0.717, 1.165) is 0 Å². The lowest BCUT2D eigenvalue weighted by molar-refractivity contribution is -0.147. The van der Waals surface area contributed by atoms with Gasteiger partial charge in [-0.05, 0) is 51.5 Å². The number of methoxy groups -OCH3 is 1. The number of carbonyl (C=O) groups is 2. The molecule has 0 heterocycles. The summed E-state index contributed by atoms with van der Waals surface area (Å²) in [4.78, 5) is 22.9. The summed E-state index contributed by atoms with van der Waals surface area (Å²) in [5, 5.41) is 11.7. The van der Waals surface area contributed by atoms with Crippen molar-refractivity contribution in [3.05, 3.63) is 24.3 Å². The molecule has 0 bridgehead atoms. The molecule has 0 aliphatic heterocycles. The molecule has 22 heavy (non-hydrogen) atoms. The molecule has 0 saturated heterocycles. The smallest absolute Gasteiger partial charge is 0.309 e. The van der Waals surface area contributed by atoms with Crippen LogP contribution in [0.3, 0.4) is 0 Å². The van der Waals surface area contributed by atoms with Crippen LogP contribution >= 0.6 is 0 Å². The highest BCUT2D eigenvalue weighted by Gasteiger charge is 2.27. The first-order chi connectivity index (χ1) is 10.3. The molecule has 0 aromatic heterocycles. The summed E-state index contributed by atoms with van der Waals surface area (Å²) in [5.74, 6) is 0.107. The number of hydrogen-bond acceptors (Lipinski definition) is 4. The van der Waals surface area contributed by atoms with Crippen LogP contribution in [-0.4, -0.2) is 36.7 Å². The normalized spacial score (nSPS) is 12.4. The Hall–Kier alpha value is -2.24. The van der Waals surface area contributed by atoms with Crippen molar-refractivity contribution in [1.29, 1.82) is 0 Å². The molecule has 0 saturated carbocycles. The largest absolute Gasteiger partial charge is 0.497 e. The first-order valence-corrected chi connectivity index (χ1v) is 7.08. The number of benzene rings is 1.